The molecule has 1 N–H and O–H groups in total. The van der Waals surface area contributed by atoms with Gasteiger partial charge in [0.2, 0.25) is 11.7 Å². The average Bonchev–Trinajstić information content (AvgIpc) is 3.53. The molecular formula is C21H18N4O5S. The predicted octanol–water partition coefficient (Wildman–Crippen LogP) is 4.14. The van der Waals surface area contributed by atoms with Crippen LogP contribution in [0, 0.1) is 6.92 Å². The van der Waals surface area contributed by atoms with Crippen LogP contribution in [0.25, 0.3) is 11.4 Å². The lowest BCUT2D eigenvalue weighted by molar-refractivity contribution is 0.0503. The summed E-state index contributed by atoms with van der Waals surface area (Å²) in [5.41, 5.74) is 1.50. The summed E-state index contributed by atoms with van der Waals surface area (Å²) < 4.78 is 15.6. The van der Waals surface area contributed by atoms with E-state index in [9.17, 15) is 9.59 Å². The standard InChI is InChI=1S/C21H18N4O5S/c1-13-11-17(24-20(26)15-6-3-9-28-15)31-18(13)21(27)29-10-4-7-16-23-19(25-30-16)14-5-2-8-22-12-14/h2-3,5-6,8-9,11-12H,4,7,10H2,1H3,(H,24,26). The van der Waals surface area contributed by atoms with Gasteiger partial charge < -0.3 is 19.0 Å². The van der Waals surface area contributed by atoms with E-state index in [0.717, 1.165) is 22.5 Å². The summed E-state index contributed by atoms with van der Waals surface area (Å²) in [6.07, 6.45) is 5.77. The maximum Gasteiger partial charge on any atom is 0.348 e. The van der Waals surface area contributed by atoms with E-state index in [1.54, 1.807) is 43.6 Å². The number of pyridine rings is 1. The van der Waals surface area contributed by atoms with E-state index in [2.05, 4.69) is 20.4 Å². The Hall–Kier alpha value is -3.79. The minimum atomic E-state index is -0.442. The third kappa shape index (κ3) is 5.04. The zero-order valence-corrected chi connectivity index (χ0v) is 17.3. The molecule has 4 heterocycles. The van der Waals surface area contributed by atoms with Crippen molar-refractivity contribution < 1.29 is 23.3 Å². The zero-order valence-electron chi connectivity index (χ0n) is 16.5. The van der Waals surface area contributed by atoms with Gasteiger partial charge in [-0.15, -0.1) is 11.3 Å². The monoisotopic (exact) mass is 438 g/mol. The molecule has 1 amide bonds. The molecular weight excluding hydrogens is 420 g/mol. The van der Waals surface area contributed by atoms with Crippen LogP contribution in [0.5, 0.6) is 0 Å². The number of thiophene rings is 1. The van der Waals surface area contributed by atoms with Gasteiger partial charge in [0.05, 0.1) is 17.9 Å². The van der Waals surface area contributed by atoms with E-state index in [1.807, 2.05) is 6.07 Å². The van der Waals surface area contributed by atoms with Gasteiger partial charge in [0.15, 0.2) is 5.76 Å². The number of nitrogens with one attached hydrogen (secondary N) is 1. The second-order valence-electron chi connectivity index (χ2n) is 6.55. The lowest BCUT2D eigenvalue weighted by Gasteiger charge is -2.02. The largest absolute Gasteiger partial charge is 0.461 e. The van der Waals surface area contributed by atoms with Crippen LogP contribution in [0.2, 0.25) is 0 Å². The fourth-order valence-corrected chi connectivity index (χ4v) is 3.71. The summed E-state index contributed by atoms with van der Waals surface area (Å²) in [5, 5.41) is 7.18. The summed E-state index contributed by atoms with van der Waals surface area (Å²) >= 11 is 1.15. The molecule has 158 valence electrons. The van der Waals surface area contributed by atoms with Crippen molar-refractivity contribution in [3.63, 3.8) is 0 Å². The van der Waals surface area contributed by atoms with E-state index < -0.39 is 5.97 Å². The molecule has 4 aromatic rings. The molecule has 0 atom stereocenters. The molecule has 0 aromatic carbocycles. The van der Waals surface area contributed by atoms with Crippen molar-refractivity contribution in [2.75, 3.05) is 11.9 Å². The molecule has 9 nitrogen and oxygen atoms in total. The number of anilines is 1. The van der Waals surface area contributed by atoms with Crippen LogP contribution in [0.4, 0.5) is 5.00 Å². The zero-order chi connectivity index (χ0) is 21.6. The van der Waals surface area contributed by atoms with E-state index in [0.29, 0.717) is 34.4 Å². The van der Waals surface area contributed by atoms with Crippen LogP contribution in [0.3, 0.4) is 0 Å². The lowest BCUT2D eigenvalue weighted by Crippen LogP contribution is -2.09. The number of aryl methyl sites for hydroxylation is 2. The minimum Gasteiger partial charge on any atom is -0.461 e. The van der Waals surface area contributed by atoms with E-state index in [-0.39, 0.29) is 18.3 Å². The molecule has 0 spiro atoms. The highest BCUT2D eigenvalue weighted by Crippen LogP contribution is 2.28. The molecule has 0 radical (unpaired) electrons. The van der Waals surface area contributed by atoms with Crippen LogP contribution in [0.15, 0.2) is 57.9 Å². The predicted molar refractivity (Wildman–Crippen MR) is 112 cm³/mol. The van der Waals surface area contributed by atoms with Crippen LogP contribution in [-0.2, 0) is 11.2 Å². The number of carbonyl (C=O) groups excluding carboxylic acids is 2. The van der Waals surface area contributed by atoms with Crippen molar-refractivity contribution in [2.45, 2.75) is 19.8 Å². The Bertz CT molecular complexity index is 1170. The fraction of sp³-hybridized carbons (Fsp3) is 0.190. The molecule has 31 heavy (non-hydrogen) atoms. The number of nitrogens with zero attached hydrogens (tertiary/aromatic N) is 3. The Balaban J connectivity index is 1.26. The molecule has 4 rings (SSSR count). The Morgan fingerprint density at radius 1 is 1.26 bits per heavy atom. The van der Waals surface area contributed by atoms with Gasteiger partial charge in [0.25, 0.3) is 5.91 Å². The van der Waals surface area contributed by atoms with E-state index in [4.69, 9.17) is 13.7 Å². The number of esters is 1. The number of ether oxygens (including phenoxy) is 1. The first-order valence-electron chi connectivity index (χ1n) is 9.45. The Morgan fingerprint density at radius 3 is 2.94 bits per heavy atom. The quantitative estimate of drug-likeness (QED) is 0.322. The normalized spacial score (nSPS) is 10.7. The first-order chi connectivity index (χ1) is 15.1. The highest BCUT2D eigenvalue weighted by Gasteiger charge is 2.18. The Morgan fingerprint density at radius 2 is 2.16 bits per heavy atom. The number of amides is 1. The number of hydrogen-bond donors (Lipinski definition) is 1. The van der Waals surface area contributed by atoms with Crippen molar-refractivity contribution >= 4 is 28.2 Å². The van der Waals surface area contributed by atoms with Gasteiger partial charge >= 0.3 is 5.97 Å². The highest BCUT2D eigenvalue weighted by atomic mass is 32.1. The average molecular weight is 438 g/mol. The van der Waals surface area contributed by atoms with Gasteiger partial charge in [0, 0.05) is 24.4 Å². The molecule has 0 fully saturated rings. The van der Waals surface area contributed by atoms with E-state index >= 15 is 0 Å². The van der Waals surface area contributed by atoms with Crippen LogP contribution in [-0.4, -0.2) is 33.6 Å². The summed E-state index contributed by atoms with van der Waals surface area (Å²) in [7, 11) is 0. The summed E-state index contributed by atoms with van der Waals surface area (Å²) in [4.78, 5) is 33.2. The first-order valence-corrected chi connectivity index (χ1v) is 10.3. The molecule has 0 aliphatic carbocycles. The summed E-state index contributed by atoms with van der Waals surface area (Å²) in [6.45, 7) is 1.99. The second-order valence-corrected chi connectivity index (χ2v) is 7.60. The minimum absolute atomic E-state index is 0.197. The number of aromatic nitrogens is 3. The molecule has 0 saturated heterocycles. The fourth-order valence-electron chi connectivity index (χ4n) is 2.75. The first kappa shape index (κ1) is 20.5. The lowest BCUT2D eigenvalue weighted by atomic mass is 10.3. The molecule has 0 aliphatic rings. The number of hydrogen-bond acceptors (Lipinski definition) is 9. The number of carbonyl (C=O) groups is 2. The van der Waals surface area contributed by atoms with Crippen molar-refractivity contribution in [1.29, 1.82) is 0 Å². The van der Waals surface area contributed by atoms with Gasteiger partial charge in [-0.2, -0.15) is 4.98 Å². The Labute approximate surface area is 181 Å². The summed E-state index contributed by atoms with van der Waals surface area (Å²) in [5.74, 6) is 0.311. The topological polar surface area (TPSA) is 120 Å². The highest BCUT2D eigenvalue weighted by molar-refractivity contribution is 7.18. The van der Waals surface area contributed by atoms with Crippen molar-refractivity contribution in [1.82, 2.24) is 15.1 Å². The summed E-state index contributed by atoms with van der Waals surface area (Å²) in [6, 6.07) is 8.56. The molecule has 10 heteroatoms. The Kier molecular flexibility index (Phi) is 6.18. The van der Waals surface area contributed by atoms with Gasteiger partial charge in [0.1, 0.15) is 4.88 Å². The molecule has 0 bridgehead atoms. The van der Waals surface area contributed by atoms with Crippen molar-refractivity contribution in [3.8, 4) is 11.4 Å². The second kappa shape index (κ2) is 9.35. The van der Waals surface area contributed by atoms with E-state index in [1.165, 1.54) is 6.26 Å². The maximum atomic E-state index is 12.4. The molecule has 0 unspecified atom stereocenters. The van der Waals surface area contributed by atoms with Crippen LogP contribution >= 0.6 is 11.3 Å². The third-order valence-corrected chi connectivity index (χ3v) is 5.37. The van der Waals surface area contributed by atoms with Gasteiger partial charge in [-0.3, -0.25) is 9.78 Å². The van der Waals surface area contributed by atoms with Crippen LogP contribution < -0.4 is 5.32 Å². The van der Waals surface area contributed by atoms with Crippen molar-refractivity contribution in [2.24, 2.45) is 0 Å². The smallest absolute Gasteiger partial charge is 0.348 e. The third-order valence-electron chi connectivity index (χ3n) is 4.24. The maximum absolute atomic E-state index is 12.4. The molecule has 4 aromatic heterocycles. The molecule has 0 aliphatic heterocycles. The SMILES string of the molecule is Cc1cc(NC(=O)c2ccco2)sc1C(=O)OCCCc1nc(-c2cccnc2)no1. The number of rotatable bonds is 8. The number of furan rings is 1. The van der Waals surface area contributed by atoms with Gasteiger partial charge in [-0.25, -0.2) is 4.79 Å². The van der Waals surface area contributed by atoms with Crippen molar-refractivity contribution in [3.05, 3.63) is 71.1 Å². The van der Waals surface area contributed by atoms with Gasteiger partial charge in [-0.05, 0) is 49.2 Å². The van der Waals surface area contributed by atoms with Gasteiger partial charge in [-0.1, -0.05) is 5.16 Å². The van der Waals surface area contributed by atoms with Crippen LogP contribution in [0.1, 0.15) is 38.1 Å². The molecule has 0 saturated carbocycles.